The van der Waals surface area contributed by atoms with Crippen molar-refractivity contribution < 1.29 is 14.5 Å². The number of fused-ring (bicyclic) bond motifs is 1. The van der Waals surface area contributed by atoms with Crippen LogP contribution in [0.1, 0.15) is 17.3 Å². The third-order valence-corrected chi connectivity index (χ3v) is 4.01. The van der Waals surface area contributed by atoms with E-state index in [2.05, 4.69) is 10.3 Å². The van der Waals surface area contributed by atoms with Gasteiger partial charge in [-0.2, -0.15) is 0 Å². The number of nitro groups is 1. The van der Waals surface area contributed by atoms with Crippen molar-refractivity contribution in [3.63, 3.8) is 0 Å². The van der Waals surface area contributed by atoms with E-state index >= 15 is 0 Å². The minimum Gasteiger partial charge on any atom is -0.462 e. The Balaban J connectivity index is 2.13. The number of para-hydroxylation sites is 1. The van der Waals surface area contributed by atoms with Gasteiger partial charge in [0.1, 0.15) is 11.3 Å². The zero-order valence-electron chi connectivity index (χ0n) is 13.7. The van der Waals surface area contributed by atoms with Crippen LogP contribution in [-0.2, 0) is 4.74 Å². The summed E-state index contributed by atoms with van der Waals surface area (Å²) in [6, 6.07) is 11.4. The van der Waals surface area contributed by atoms with Crippen LogP contribution in [0.4, 0.5) is 17.1 Å². The van der Waals surface area contributed by atoms with Crippen LogP contribution in [0.25, 0.3) is 10.9 Å². The molecule has 0 bridgehead atoms. The standard InChI is InChI=1S/C18H14ClN3O4/c1-2-26-18(23)11-5-3-8-15(17(11)22(24)25)21-14-9-10-20-13-7-4-6-12(19)16(13)14/h3-10H,2H2,1H3,(H,20,21). The molecule has 1 N–H and O–H groups in total. The van der Waals surface area contributed by atoms with Gasteiger partial charge in [-0.05, 0) is 37.3 Å². The van der Waals surface area contributed by atoms with Gasteiger partial charge in [0, 0.05) is 11.6 Å². The zero-order chi connectivity index (χ0) is 18.7. The number of esters is 1. The van der Waals surface area contributed by atoms with E-state index in [4.69, 9.17) is 16.3 Å². The lowest BCUT2D eigenvalue weighted by Gasteiger charge is -2.12. The van der Waals surface area contributed by atoms with Crippen molar-refractivity contribution in [3.05, 3.63) is 69.4 Å². The van der Waals surface area contributed by atoms with Gasteiger partial charge in [-0.25, -0.2) is 4.79 Å². The number of halogens is 1. The van der Waals surface area contributed by atoms with Crippen molar-refractivity contribution >= 4 is 45.5 Å². The molecular formula is C18H14ClN3O4. The Hall–Kier alpha value is -3.19. The van der Waals surface area contributed by atoms with E-state index in [-0.39, 0.29) is 23.5 Å². The highest BCUT2D eigenvalue weighted by molar-refractivity contribution is 6.36. The molecule has 0 saturated carbocycles. The summed E-state index contributed by atoms with van der Waals surface area (Å²) in [6.45, 7) is 1.76. The first-order valence-corrected chi connectivity index (χ1v) is 8.15. The van der Waals surface area contributed by atoms with Gasteiger partial charge in [-0.15, -0.1) is 0 Å². The number of hydrogen-bond acceptors (Lipinski definition) is 6. The first-order valence-electron chi connectivity index (χ1n) is 7.77. The number of benzene rings is 2. The molecule has 0 unspecified atom stereocenters. The molecule has 0 amide bonds. The molecule has 0 radical (unpaired) electrons. The average molecular weight is 372 g/mol. The lowest BCUT2D eigenvalue weighted by atomic mass is 10.1. The van der Waals surface area contributed by atoms with Crippen LogP contribution in [0, 0.1) is 10.1 Å². The van der Waals surface area contributed by atoms with Gasteiger partial charge < -0.3 is 10.1 Å². The molecule has 3 aromatic rings. The molecular weight excluding hydrogens is 358 g/mol. The fourth-order valence-corrected chi connectivity index (χ4v) is 2.90. The fourth-order valence-electron chi connectivity index (χ4n) is 2.63. The van der Waals surface area contributed by atoms with Crippen molar-refractivity contribution in [2.45, 2.75) is 6.92 Å². The van der Waals surface area contributed by atoms with E-state index in [1.807, 2.05) is 0 Å². The predicted molar refractivity (Wildman–Crippen MR) is 99.1 cm³/mol. The molecule has 2 aromatic carbocycles. The average Bonchev–Trinajstić information content (AvgIpc) is 2.62. The van der Waals surface area contributed by atoms with Gasteiger partial charge in [-0.1, -0.05) is 23.7 Å². The molecule has 3 rings (SSSR count). The fraction of sp³-hybridized carbons (Fsp3) is 0.111. The van der Waals surface area contributed by atoms with E-state index in [9.17, 15) is 14.9 Å². The normalized spacial score (nSPS) is 10.5. The maximum atomic E-state index is 12.1. The number of ether oxygens (including phenoxy) is 1. The van der Waals surface area contributed by atoms with E-state index in [0.29, 0.717) is 21.6 Å². The second kappa shape index (κ2) is 7.37. The van der Waals surface area contributed by atoms with Crippen LogP contribution in [0.5, 0.6) is 0 Å². The highest BCUT2D eigenvalue weighted by Crippen LogP contribution is 2.35. The molecule has 1 heterocycles. The monoisotopic (exact) mass is 371 g/mol. The van der Waals surface area contributed by atoms with Gasteiger partial charge in [0.15, 0.2) is 0 Å². The first-order chi connectivity index (χ1) is 12.5. The Morgan fingerprint density at radius 2 is 2.00 bits per heavy atom. The Morgan fingerprint density at radius 1 is 1.23 bits per heavy atom. The molecule has 0 saturated heterocycles. The number of hydrogen-bond donors (Lipinski definition) is 1. The minimum atomic E-state index is -0.750. The molecule has 0 atom stereocenters. The molecule has 0 aliphatic carbocycles. The topological polar surface area (TPSA) is 94.4 Å². The van der Waals surface area contributed by atoms with Crippen molar-refractivity contribution in [1.82, 2.24) is 4.98 Å². The SMILES string of the molecule is CCOC(=O)c1cccc(Nc2ccnc3cccc(Cl)c23)c1[N+](=O)[O-]. The second-order valence-corrected chi connectivity index (χ2v) is 5.70. The molecule has 8 heteroatoms. The third kappa shape index (κ3) is 3.29. The van der Waals surface area contributed by atoms with E-state index in [1.165, 1.54) is 12.1 Å². The Kier molecular flexibility index (Phi) is 4.99. The third-order valence-electron chi connectivity index (χ3n) is 3.70. The molecule has 132 valence electrons. The van der Waals surface area contributed by atoms with Gasteiger partial charge in [0.05, 0.1) is 27.8 Å². The largest absolute Gasteiger partial charge is 0.462 e. The number of carbonyl (C=O) groups excluding carboxylic acids is 1. The predicted octanol–water partition coefficient (Wildman–Crippen LogP) is 4.72. The van der Waals surface area contributed by atoms with E-state index in [1.54, 1.807) is 43.5 Å². The van der Waals surface area contributed by atoms with E-state index < -0.39 is 10.9 Å². The number of nitro benzene ring substituents is 1. The van der Waals surface area contributed by atoms with E-state index in [0.717, 1.165) is 0 Å². The van der Waals surface area contributed by atoms with Gasteiger partial charge in [0.2, 0.25) is 0 Å². The number of nitrogens with one attached hydrogen (secondary N) is 1. The van der Waals surface area contributed by atoms with Crippen LogP contribution >= 0.6 is 11.6 Å². The Morgan fingerprint density at radius 3 is 2.73 bits per heavy atom. The Labute approximate surface area is 153 Å². The van der Waals surface area contributed by atoms with Crippen LogP contribution in [-0.4, -0.2) is 22.5 Å². The highest BCUT2D eigenvalue weighted by Gasteiger charge is 2.26. The van der Waals surface area contributed by atoms with Crippen molar-refractivity contribution in [2.75, 3.05) is 11.9 Å². The second-order valence-electron chi connectivity index (χ2n) is 5.30. The minimum absolute atomic E-state index is 0.119. The van der Waals surface area contributed by atoms with Crippen molar-refractivity contribution in [3.8, 4) is 0 Å². The summed E-state index contributed by atoms with van der Waals surface area (Å²) in [5.41, 5.74) is 0.874. The van der Waals surface area contributed by atoms with Gasteiger partial charge in [0.25, 0.3) is 0 Å². The van der Waals surface area contributed by atoms with Crippen LogP contribution in [0.3, 0.4) is 0 Å². The lowest BCUT2D eigenvalue weighted by Crippen LogP contribution is -2.09. The summed E-state index contributed by atoms with van der Waals surface area (Å²) in [6.07, 6.45) is 1.57. The molecule has 0 aliphatic heterocycles. The summed E-state index contributed by atoms with van der Waals surface area (Å²) < 4.78 is 4.91. The van der Waals surface area contributed by atoms with Gasteiger partial charge >= 0.3 is 11.7 Å². The van der Waals surface area contributed by atoms with Crippen molar-refractivity contribution in [2.24, 2.45) is 0 Å². The smallest absolute Gasteiger partial charge is 0.345 e. The van der Waals surface area contributed by atoms with Crippen LogP contribution < -0.4 is 5.32 Å². The Bertz CT molecular complexity index is 1000. The number of aromatic nitrogens is 1. The maximum absolute atomic E-state index is 12.1. The number of rotatable bonds is 5. The van der Waals surface area contributed by atoms with Gasteiger partial charge in [-0.3, -0.25) is 15.1 Å². The molecule has 0 spiro atoms. The summed E-state index contributed by atoms with van der Waals surface area (Å²) in [5.74, 6) is -0.750. The first kappa shape index (κ1) is 17.6. The number of anilines is 2. The van der Waals surface area contributed by atoms with Crippen LogP contribution in [0.2, 0.25) is 5.02 Å². The van der Waals surface area contributed by atoms with Crippen molar-refractivity contribution in [1.29, 1.82) is 0 Å². The summed E-state index contributed by atoms with van der Waals surface area (Å²) in [4.78, 5) is 27.3. The summed E-state index contributed by atoms with van der Waals surface area (Å²) >= 11 is 6.27. The molecule has 0 aliphatic rings. The molecule has 1 aromatic heterocycles. The number of carbonyl (C=O) groups is 1. The van der Waals surface area contributed by atoms with Crippen LogP contribution in [0.15, 0.2) is 48.7 Å². The summed E-state index contributed by atoms with van der Waals surface area (Å²) in [7, 11) is 0. The number of nitrogens with zero attached hydrogens (tertiary/aromatic N) is 2. The zero-order valence-corrected chi connectivity index (χ0v) is 14.5. The maximum Gasteiger partial charge on any atom is 0.345 e. The molecule has 7 nitrogen and oxygen atoms in total. The highest BCUT2D eigenvalue weighted by atomic mass is 35.5. The number of pyridine rings is 1. The molecule has 0 fully saturated rings. The quantitative estimate of drug-likeness (QED) is 0.396. The summed E-state index contributed by atoms with van der Waals surface area (Å²) in [5, 5.41) is 15.7. The lowest BCUT2D eigenvalue weighted by molar-refractivity contribution is -0.384. The molecule has 26 heavy (non-hydrogen) atoms.